The van der Waals surface area contributed by atoms with Crippen LogP contribution in [0, 0.1) is 0 Å². The molecule has 23 heavy (non-hydrogen) atoms. The van der Waals surface area contributed by atoms with E-state index in [1.54, 1.807) is 55.5 Å². The molecule has 0 radical (unpaired) electrons. The minimum atomic E-state index is -3.88. The standard InChI is InChI=1S/C17H19NO4S/c1-3-22-17(19)14(2)18(15-10-6-4-7-11-15)23(20,21)16-12-8-5-9-13-16/h4-14H,3H2,1-2H3. The van der Waals surface area contributed by atoms with Gasteiger partial charge in [-0.2, -0.15) is 0 Å². The topological polar surface area (TPSA) is 63.7 Å². The third-order valence-corrected chi connectivity index (χ3v) is 5.20. The maximum absolute atomic E-state index is 13.0. The molecule has 0 aliphatic rings. The van der Waals surface area contributed by atoms with E-state index in [1.807, 2.05) is 0 Å². The molecule has 0 saturated carbocycles. The Kier molecular flexibility index (Phi) is 5.39. The number of sulfonamides is 1. The highest BCUT2D eigenvalue weighted by atomic mass is 32.2. The summed E-state index contributed by atoms with van der Waals surface area (Å²) >= 11 is 0. The number of benzene rings is 2. The van der Waals surface area contributed by atoms with E-state index in [0.717, 1.165) is 4.31 Å². The Hall–Kier alpha value is -2.34. The molecule has 0 fully saturated rings. The second kappa shape index (κ2) is 7.28. The summed E-state index contributed by atoms with van der Waals surface area (Å²) in [5.74, 6) is -0.587. The van der Waals surface area contributed by atoms with Gasteiger partial charge in [0.2, 0.25) is 0 Å². The minimum Gasteiger partial charge on any atom is -0.464 e. The summed E-state index contributed by atoms with van der Waals surface area (Å²) in [6.45, 7) is 3.39. The molecule has 2 aromatic carbocycles. The van der Waals surface area contributed by atoms with Crippen molar-refractivity contribution in [2.45, 2.75) is 24.8 Å². The second-order valence-corrected chi connectivity index (χ2v) is 6.69. The van der Waals surface area contributed by atoms with Gasteiger partial charge in [0.05, 0.1) is 17.2 Å². The molecule has 0 heterocycles. The summed E-state index contributed by atoms with van der Waals surface area (Å²) < 4.78 is 32.1. The van der Waals surface area contributed by atoms with Crippen LogP contribution in [0.1, 0.15) is 13.8 Å². The Morgan fingerprint density at radius 2 is 1.57 bits per heavy atom. The zero-order valence-corrected chi connectivity index (χ0v) is 13.9. The number of ether oxygens (including phenoxy) is 1. The van der Waals surface area contributed by atoms with Gasteiger partial charge in [-0.25, -0.2) is 13.2 Å². The normalized spacial score (nSPS) is 12.4. The SMILES string of the molecule is CCOC(=O)C(C)N(c1ccccc1)S(=O)(=O)c1ccccc1. The van der Waals surface area contributed by atoms with Crippen molar-refractivity contribution >= 4 is 21.7 Å². The predicted octanol–water partition coefficient (Wildman–Crippen LogP) is 2.83. The van der Waals surface area contributed by atoms with Crippen LogP contribution in [-0.2, 0) is 19.6 Å². The highest BCUT2D eigenvalue weighted by molar-refractivity contribution is 7.92. The lowest BCUT2D eigenvalue weighted by Crippen LogP contribution is -2.44. The molecule has 2 rings (SSSR count). The molecule has 2 aromatic rings. The number of carbonyl (C=O) groups is 1. The minimum absolute atomic E-state index is 0.125. The molecule has 0 aromatic heterocycles. The lowest BCUT2D eigenvalue weighted by molar-refractivity contribution is -0.144. The van der Waals surface area contributed by atoms with Gasteiger partial charge in [0.15, 0.2) is 0 Å². The summed E-state index contributed by atoms with van der Waals surface area (Å²) in [4.78, 5) is 12.2. The number of hydrogen-bond donors (Lipinski definition) is 0. The largest absolute Gasteiger partial charge is 0.464 e. The molecule has 0 spiro atoms. The third-order valence-electron chi connectivity index (χ3n) is 3.29. The van der Waals surface area contributed by atoms with Crippen LogP contribution in [-0.4, -0.2) is 27.0 Å². The number of hydrogen-bond acceptors (Lipinski definition) is 4. The fraction of sp³-hybridized carbons (Fsp3) is 0.235. The van der Waals surface area contributed by atoms with Gasteiger partial charge >= 0.3 is 5.97 Å². The first kappa shape index (κ1) is 17.0. The maximum Gasteiger partial charge on any atom is 0.329 e. The first-order chi connectivity index (χ1) is 11.0. The molecule has 0 aliphatic carbocycles. The number of esters is 1. The van der Waals surface area contributed by atoms with Crippen LogP contribution in [0.3, 0.4) is 0 Å². The second-order valence-electron chi connectivity index (χ2n) is 4.88. The van der Waals surface area contributed by atoms with Crippen LogP contribution in [0.15, 0.2) is 65.6 Å². The van der Waals surface area contributed by atoms with Crippen molar-refractivity contribution in [1.82, 2.24) is 0 Å². The average Bonchev–Trinajstić information content (AvgIpc) is 2.57. The van der Waals surface area contributed by atoms with Crippen LogP contribution < -0.4 is 4.31 Å². The first-order valence-electron chi connectivity index (χ1n) is 7.29. The van der Waals surface area contributed by atoms with Gasteiger partial charge in [-0.15, -0.1) is 0 Å². The van der Waals surface area contributed by atoms with Crippen molar-refractivity contribution in [3.63, 3.8) is 0 Å². The number of rotatable bonds is 6. The Bertz CT molecular complexity index is 745. The van der Waals surface area contributed by atoms with E-state index in [1.165, 1.54) is 19.1 Å². The van der Waals surface area contributed by atoms with E-state index >= 15 is 0 Å². The van der Waals surface area contributed by atoms with Crippen LogP contribution >= 0.6 is 0 Å². The Morgan fingerprint density at radius 1 is 1.04 bits per heavy atom. The van der Waals surface area contributed by atoms with Crippen LogP contribution in [0.4, 0.5) is 5.69 Å². The van der Waals surface area contributed by atoms with Crippen molar-refractivity contribution in [3.8, 4) is 0 Å². The molecule has 0 aliphatic heterocycles. The Balaban J connectivity index is 2.52. The van der Waals surface area contributed by atoms with Gasteiger partial charge in [0.1, 0.15) is 6.04 Å². The smallest absolute Gasteiger partial charge is 0.329 e. The fourth-order valence-electron chi connectivity index (χ4n) is 2.21. The molecule has 1 unspecified atom stereocenters. The summed E-state index contributed by atoms with van der Waals surface area (Å²) in [6, 6.07) is 15.6. The number of anilines is 1. The highest BCUT2D eigenvalue weighted by Crippen LogP contribution is 2.26. The zero-order chi connectivity index (χ0) is 16.9. The summed E-state index contributed by atoms with van der Waals surface area (Å²) in [7, 11) is -3.88. The fourth-order valence-corrected chi connectivity index (χ4v) is 3.84. The van der Waals surface area contributed by atoms with Crippen molar-refractivity contribution in [1.29, 1.82) is 0 Å². The van der Waals surface area contributed by atoms with Crippen molar-refractivity contribution in [3.05, 3.63) is 60.7 Å². The van der Waals surface area contributed by atoms with Gasteiger partial charge in [-0.3, -0.25) is 4.31 Å². The molecular weight excluding hydrogens is 314 g/mol. The molecular formula is C17H19NO4S. The lowest BCUT2D eigenvalue weighted by Gasteiger charge is -2.29. The molecule has 5 nitrogen and oxygen atoms in total. The molecule has 1 atom stereocenters. The lowest BCUT2D eigenvalue weighted by atomic mass is 10.2. The number of para-hydroxylation sites is 1. The van der Waals surface area contributed by atoms with E-state index in [4.69, 9.17) is 4.74 Å². The van der Waals surface area contributed by atoms with E-state index in [9.17, 15) is 13.2 Å². The summed E-state index contributed by atoms with van der Waals surface area (Å²) in [6.07, 6.45) is 0. The predicted molar refractivity (Wildman–Crippen MR) is 88.6 cm³/mol. The van der Waals surface area contributed by atoms with Crippen LogP contribution in [0.5, 0.6) is 0 Å². The average molecular weight is 333 g/mol. The van der Waals surface area contributed by atoms with Crippen LogP contribution in [0.25, 0.3) is 0 Å². The number of nitrogens with zero attached hydrogens (tertiary/aromatic N) is 1. The zero-order valence-electron chi connectivity index (χ0n) is 13.0. The maximum atomic E-state index is 13.0. The van der Waals surface area contributed by atoms with Crippen LogP contribution in [0.2, 0.25) is 0 Å². The molecule has 122 valence electrons. The summed E-state index contributed by atoms with van der Waals surface area (Å²) in [5, 5.41) is 0. The van der Waals surface area contributed by atoms with Gasteiger partial charge in [0, 0.05) is 0 Å². The molecule has 0 amide bonds. The van der Waals surface area contributed by atoms with Gasteiger partial charge < -0.3 is 4.74 Å². The van der Waals surface area contributed by atoms with E-state index in [0.29, 0.717) is 5.69 Å². The summed E-state index contributed by atoms with van der Waals surface area (Å²) in [5.41, 5.74) is 0.414. The number of carbonyl (C=O) groups excluding carboxylic acids is 1. The highest BCUT2D eigenvalue weighted by Gasteiger charge is 2.33. The van der Waals surface area contributed by atoms with Gasteiger partial charge in [-0.1, -0.05) is 36.4 Å². The first-order valence-corrected chi connectivity index (χ1v) is 8.73. The molecule has 0 N–H and O–H groups in total. The third kappa shape index (κ3) is 3.71. The van der Waals surface area contributed by atoms with Crippen molar-refractivity contribution < 1.29 is 17.9 Å². The Labute approximate surface area is 136 Å². The molecule has 6 heteroatoms. The monoisotopic (exact) mass is 333 g/mol. The van der Waals surface area contributed by atoms with E-state index < -0.39 is 22.0 Å². The quantitative estimate of drug-likeness (QED) is 0.763. The van der Waals surface area contributed by atoms with E-state index in [2.05, 4.69) is 0 Å². The Morgan fingerprint density at radius 3 is 2.09 bits per heavy atom. The molecule has 0 bridgehead atoms. The van der Waals surface area contributed by atoms with Gasteiger partial charge in [0.25, 0.3) is 10.0 Å². The van der Waals surface area contributed by atoms with Gasteiger partial charge in [-0.05, 0) is 38.1 Å². The van der Waals surface area contributed by atoms with E-state index in [-0.39, 0.29) is 11.5 Å². The van der Waals surface area contributed by atoms with Crippen molar-refractivity contribution in [2.24, 2.45) is 0 Å². The molecule has 0 saturated heterocycles. The van der Waals surface area contributed by atoms with Crippen molar-refractivity contribution in [2.75, 3.05) is 10.9 Å².